The fourth-order valence-electron chi connectivity index (χ4n) is 3.62. The van der Waals surface area contributed by atoms with E-state index in [1.165, 1.54) is 5.56 Å². The maximum atomic E-state index is 12.8. The molecule has 2 aliphatic rings. The van der Waals surface area contributed by atoms with Crippen molar-refractivity contribution in [3.05, 3.63) is 41.7 Å². The molecule has 140 valence electrons. The van der Waals surface area contributed by atoms with Crippen LogP contribution in [0.3, 0.4) is 0 Å². The second kappa shape index (κ2) is 8.16. The van der Waals surface area contributed by atoms with Crippen LogP contribution in [0.4, 0.5) is 0 Å². The van der Waals surface area contributed by atoms with Crippen LogP contribution in [0.15, 0.2) is 30.5 Å². The van der Waals surface area contributed by atoms with E-state index in [0.29, 0.717) is 11.7 Å². The van der Waals surface area contributed by atoms with Crippen molar-refractivity contribution in [1.29, 1.82) is 0 Å². The van der Waals surface area contributed by atoms with Crippen LogP contribution in [0, 0.1) is 6.92 Å². The van der Waals surface area contributed by atoms with E-state index in [1.54, 1.807) is 10.9 Å². The standard InChI is InChI=1S/C18H24N6O.ClH/c1-14-2-4-15(5-3-14)24-13-17(20-21-24)18(25)23-9-6-16(12-23)22-10-7-19-8-11-22;/h2-5,13,16,19H,6-12H2,1H3;1H. The molecule has 3 heterocycles. The molecule has 7 nitrogen and oxygen atoms in total. The van der Waals surface area contributed by atoms with Crippen LogP contribution < -0.4 is 5.32 Å². The van der Waals surface area contributed by atoms with Crippen LogP contribution in [0.2, 0.25) is 0 Å². The molecule has 1 amide bonds. The van der Waals surface area contributed by atoms with Gasteiger partial charge in [0.1, 0.15) is 0 Å². The van der Waals surface area contributed by atoms with Crippen LogP contribution >= 0.6 is 12.4 Å². The number of halogens is 1. The summed E-state index contributed by atoms with van der Waals surface area (Å²) in [6.07, 6.45) is 2.77. The van der Waals surface area contributed by atoms with E-state index in [-0.39, 0.29) is 18.3 Å². The number of nitrogens with zero attached hydrogens (tertiary/aromatic N) is 5. The Morgan fingerprint density at radius 3 is 2.62 bits per heavy atom. The zero-order valence-electron chi connectivity index (χ0n) is 15.0. The zero-order valence-corrected chi connectivity index (χ0v) is 15.8. The van der Waals surface area contributed by atoms with Gasteiger partial charge in [-0.3, -0.25) is 9.69 Å². The van der Waals surface area contributed by atoms with Crippen molar-refractivity contribution in [2.75, 3.05) is 39.3 Å². The molecule has 8 heteroatoms. The molecule has 0 radical (unpaired) electrons. The summed E-state index contributed by atoms with van der Waals surface area (Å²) in [6, 6.07) is 8.48. The molecule has 0 spiro atoms. The molecule has 0 saturated carbocycles. The van der Waals surface area contributed by atoms with Gasteiger partial charge in [-0.25, -0.2) is 4.68 Å². The summed E-state index contributed by atoms with van der Waals surface area (Å²) in [6.45, 7) is 7.83. The van der Waals surface area contributed by atoms with Crippen LogP contribution in [-0.2, 0) is 0 Å². The first kappa shape index (κ1) is 18.8. The topological polar surface area (TPSA) is 66.3 Å². The first-order valence-electron chi connectivity index (χ1n) is 8.94. The minimum Gasteiger partial charge on any atom is -0.336 e. The molecule has 4 rings (SSSR count). The highest BCUT2D eigenvalue weighted by atomic mass is 35.5. The lowest BCUT2D eigenvalue weighted by molar-refractivity contribution is 0.0767. The van der Waals surface area contributed by atoms with E-state index < -0.39 is 0 Å². The van der Waals surface area contributed by atoms with Crippen molar-refractivity contribution in [3.8, 4) is 5.69 Å². The largest absolute Gasteiger partial charge is 0.336 e. The highest BCUT2D eigenvalue weighted by molar-refractivity contribution is 5.92. The highest BCUT2D eigenvalue weighted by Gasteiger charge is 2.32. The van der Waals surface area contributed by atoms with E-state index in [2.05, 4.69) is 20.5 Å². The smallest absolute Gasteiger partial charge is 0.276 e. The van der Waals surface area contributed by atoms with E-state index in [4.69, 9.17) is 0 Å². The van der Waals surface area contributed by atoms with Gasteiger partial charge in [0.2, 0.25) is 0 Å². The van der Waals surface area contributed by atoms with Gasteiger partial charge in [-0.15, -0.1) is 17.5 Å². The number of rotatable bonds is 3. The van der Waals surface area contributed by atoms with Crippen LogP contribution in [0.25, 0.3) is 5.69 Å². The van der Waals surface area contributed by atoms with Crippen molar-refractivity contribution < 1.29 is 4.79 Å². The minimum absolute atomic E-state index is 0. The number of carbonyl (C=O) groups is 1. The van der Waals surface area contributed by atoms with Gasteiger partial charge in [0.05, 0.1) is 11.9 Å². The number of amides is 1. The molecule has 2 aromatic rings. The summed E-state index contributed by atoms with van der Waals surface area (Å²) >= 11 is 0. The maximum Gasteiger partial charge on any atom is 0.276 e. The zero-order chi connectivity index (χ0) is 17.2. The van der Waals surface area contributed by atoms with Gasteiger partial charge >= 0.3 is 0 Å². The first-order chi connectivity index (χ1) is 12.2. The third-order valence-corrected chi connectivity index (χ3v) is 5.13. The highest BCUT2D eigenvalue weighted by Crippen LogP contribution is 2.18. The lowest BCUT2D eigenvalue weighted by Gasteiger charge is -2.32. The van der Waals surface area contributed by atoms with Gasteiger partial charge in [0.15, 0.2) is 5.69 Å². The third kappa shape index (κ3) is 3.90. The quantitative estimate of drug-likeness (QED) is 0.869. The third-order valence-electron chi connectivity index (χ3n) is 5.13. The Morgan fingerprint density at radius 2 is 1.88 bits per heavy atom. The second-order valence-corrected chi connectivity index (χ2v) is 6.86. The molecule has 1 aromatic heterocycles. The molecule has 1 atom stereocenters. The van der Waals surface area contributed by atoms with Crippen LogP contribution in [0.5, 0.6) is 0 Å². The normalized spacial score (nSPS) is 20.8. The lowest BCUT2D eigenvalue weighted by atomic mass is 10.2. The number of benzene rings is 1. The average Bonchev–Trinajstić information content (AvgIpc) is 3.33. The van der Waals surface area contributed by atoms with Gasteiger partial charge in [-0.1, -0.05) is 22.9 Å². The first-order valence-corrected chi connectivity index (χ1v) is 8.94. The lowest BCUT2D eigenvalue weighted by Crippen LogP contribution is -2.49. The van der Waals surface area contributed by atoms with Crippen LogP contribution in [0.1, 0.15) is 22.5 Å². The average molecular weight is 377 g/mol. The molecule has 0 bridgehead atoms. The Kier molecular flexibility index (Phi) is 5.90. The fourth-order valence-corrected chi connectivity index (χ4v) is 3.62. The van der Waals surface area contributed by atoms with E-state index in [1.807, 2.05) is 36.1 Å². The summed E-state index contributed by atoms with van der Waals surface area (Å²) in [5.41, 5.74) is 2.52. The number of carbonyl (C=O) groups excluding carboxylic acids is 1. The number of aryl methyl sites for hydroxylation is 1. The molecule has 2 aliphatic heterocycles. The van der Waals surface area contributed by atoms with Gasteiger partial charge in [-0.05, 0) is 25.5 Å². The summed E-state index contributed by atoms with van der Waals surface area (Å²) in [7, 11) is 0. The molecule has 1 unspecified atom stereocenters. The monoisotopic (exact) mass is 376 g/mol. The maximum absolute atomic E-state index is 12.8. The summed E-state index contributed by atoms with van der Waals surface area (Å²) in [5.74, 6) is -0.0176. The predicted molar refractivity (Wildman–Crippen MR) is 102 cm³/mol. The summed E-state index contributed by atoms with van der Waals surface area (Å²) in [5, 5.41) is 11.6. The molecular formula is C18H25ClN6O. The minimum atomic E-state index is -0.0176. The second-order valence-electron chi connectivity index (χ2n) is 6.86. The van der Waals surface area contributed by atoms with E-state index in [9.17, 15) is 4.79 Å². The Bertz CT molecular complexity index is 740. The van der Waals surface area contributed by atoms with Crippen molar-refractivity contribution >= 4 is 18.3 Å². The molecule has 1 N–H and O–H groups in total. The Hall–Kier alpha value is -1.96. The van der Waals surface area contributed by atoms with E-state index in [0.717, 1.165) is 51.4 Å². The van der Waals surface area contributed by atoms with E-state index >= 15 is 0 Å². The number of likely N-dealkylation sites (tertiary alicyclic amines) is 1. The van der Waals surface area contributed by atoms with Gasteiger partial charge in [-0.2, -0.15) is 0 Å². The predicted octanol–water partition coefficient (Wildman–Crippen LogP) is 1.12. The van der Waals surface area contributed by atoms with Crippen molar-refractivity contribution in [2.45, 2.75) is 19.4 Å². The fraction of sp³-hybridized carbons (Fsp3) is 0.500. The molecule has 1 aromatic carbocycles. The van der Waals surface area contributed by atoms with Crippen molar-refractivity contribution in [3.63, 3.8) is 0 Å². The molecule has 26 heavy (non-hydrogen) atoms. The molecule has 2 saturated heterocycles. The summed E-state index contributed by atoms with van der Waals surface area (Å²) in [4.78, 5) is 17.2. The van der Waals surface area contributed by atoms with Gasteiger partial charge in [0.25, 0.3) is 5.91 Å². The Balaban J connectivity index is 0.00000196. The Morgan fingerprint density at radius 1 is 1.15 bits per heavy atom. The Labute approximate surface area is 159 Å². The molecular weight excluding hydrogens is 352 g/mol. The van der Waals surface area contributed by atoms with Gasteiger partial charge < -0.3 is 10.2 Å². The number of piperazine rings is 1. The van der Waals surface area contributed by atoms with Crippen molar-refractivity contribution in [1.82, 2.24) is 30.1 Å². The molecule has 2 fully saturated rings. The number of hydrogen-bond donors (Lipinski definition) is 1. The number of aromatic nitrogens is 3. The SMILES string of the molecule is Cc1ccc(-n2cc(C(=O)N3CCC(N4CCNCC4)C3)nn2)cc1.Cl. The number of nitrogens with one attached hydrogen (secondary N) is 1. The van der Waals surface area contributed by atoms with Crippen molar-refractivity contribution in [2.24, 2.45) is 0 Å². The number of hydrogen-bond acceptors (Lipinski definition) is 5. The van der Waals surface area contributed by atoms with Gasteiger partial charge in [0, 0.05) is 45.3 Å². The molecule has 0 aliphatic carbocycles. The van der Waals surface area contributed by atoms with Crippen LogP contribution in [-0.4, -0.2) is 76.0 Å². The summed E-state index contributed by atoms with van der Waals surface area (Å²) < 4.78 is 1.66.